The van der Waals surface area contributed by atoms with E-state index in [0.717, 1.165) is 8.66 Å². The van der Waals surface area contributed by atoms with Gasteiger partial charge < -0.3 is 10.5 Å². The molecule has 1 aromatic heterocycles. The van der Waals surface area contributed by atoms with Crippen LogP contribution in [0.1, 0.15) is 38.0 Å². The molecule has 0 amide bonds. The molecular formula is C12H18BrNO2S. The second kappa shape index (κ2) is 5.98. The Morgan fingerprint density at radius 2 is 2.18 bits per heavy atom. The Morgan fingerprint density at radius 3 is 2.59 bits per heavy atom. The Morgan fingerprint density at radius 1 is 1.53 bits per heavy atom. The van der Waals surface area contributed by atoms with Crippen LogP contribution in [0.3, 0.4) is 0 Å². The van der Waals surface area contributed by atoms with E-state index in [1.165, 1.54) is 0 Å². The van der Waals surface area contributed by atoms with Crippen molar-refractivity contribution in [3.63, 3.8) is 0 Å². The number of halogens is 1. The molecule has 0 aliphatic rings. The topological polar surface area (TPSA) is 52.3 Å². The summed E-state index contributed by atoms with van der Waals surface area (Å²) in [5.41, 5.74) is 5.27. The van der Waals surface area contributed by atoms with E-state index >= 15 is 0 Å². The van der Waals surface area contributed by atoms with Crippen LogP contribution < -0.4 is 5.73 Å². The number of rotatable bonds is 4. The summed E-state index contributed by atoms with van der Waals surface area (Å²) >= 11 is 5.02. The maximum atomic E-state index is 11.7. The van der Waals surface area contributed by atoms with Gasteiger partial charge in [-0.05, 0) is 48.8 Å². The van der Waals surface area contributed by atoms with E-state index in [4.69, 9.17) is 10.5 Å². The maximum Gasteiger partial charge on any atom is 0.307 e. The number of hydrogen-bond acceptors (Lipinski definition) is 4. The largest absolute Gasteiger partial charge is 0.460 e. The molecule has 0 aliphatic heterocycles. The van der Waals surface area contributed by atoms with Crippen molar-refractivity contribution in [2.45, 2.75) is 38.7 Å². The van der Waals surface area contributed by atoms with E-state index in [9.17, 15) is 4.79 Å². The van der Waals surface area contributed by atoms with Crippen molar-refractivity contribution in [1.29, 1.82) is 0 Å². The molecule has 0 saturated heterocycles. The molecule has 96 valence electrons. The normalized spacial score (nSPS) is 13.5. The first-order chi connectivity index (χ1) is 7.81. The Labute approximate surface area is 114 Å². The Hall–Kier alpha value is -0.390. The van der Waals surface area contributed by atoms with Gasteiger partial charge in [-0.1, -0.05) is 0 Å². The highest BCUT2D eigenvalue weighted by atomic mass is 79.9. The van der Waals surface area contributed by atoms with Gasteiger partial charge >= 0.3 is 5.97 Å². The van der Waals surface area contributed by atoms with Crippen molar-refractivity contribution in [2.24, 2.45) is 5.73 Å². The van der Waals surface area contributed by atoms with Gasteiger partial charge in [0.05, 0.1) is 10.2 Å². The second-order valence-electron chi connectivity index (χ2n) is 4.87. The molecule has 0 bridgehead atoms. The smallest absolute Gasteiger partial charge is 0.307 e. The second-order valence-corrected chi connectivity index (χ2v) is 7.36. The first kappa shape index (κ1) is 14.7. The average Bonchev–Trinajstić information content (AvgIpc) is 2.58. The molecule has 1 rings (SSSR count). The van der Waals surface area contributed by atoms with Crippen molar-refractivity contribution in [1.82, 2.24) is 0 Å². The van der Waals surface area contributed by atoms with Crippen LogP contribution in [0.15, 0.2) is 15.9 Å². The summed E-state index contributed by atoms with van der Waals surface area (Å²) in [4.78, 5) is 12.8. The SMILES string of the molecule is CC(C)(C)OC(=O)CC(CN)c1ccc(Br)s1. The van der Waals surface area contributed by atoms with Crippen molar-refractivity contribution in [2.75, 3.05) is 6.54 Å². The zero-order valence-corrected chi connectivity index (χ0v) is 12.7. The molecule has 0 fully saturated rings. The van der Waals surface area contributed by atoms with Crippen LogP contribution >= 0.6 is 27.3 Å². The lowest BCUT2D eigenvalue weighted by Crippen LogP contribution is -2.26. The lowest BCUT2D eigenvalue weighted by molar-refractivity contribution is -0.155. The fourth-order valence-electron chi connectivity index (χ4n) is 1.43. The van der Waals surface area contributed by atoms with Gasteiger partial charge in [0.15, 0.2) is 0 Å². The lowest BCUT2D eigenvalue weighted by Gasteiger charge is -2.21. The number of ether oxygens (including phenoxy) is 1. The van der Waals surface area contributed by atoms with Crippen molar-refractivity contribution in [3.05, 3.63) is 20.8 Å². The molecule has 1 heterocycles. The highest BCUT2D eigenvalue weighted by Crippen LogP contribution is 2.30. The molecule has 0 radical (unpaired) electrons. The standard InChI is InChI=1S/C12H18BrNO2S/c1-12(2,3)16-11(15)6-8(7-14)9-4-5-10(13)17-9/h4-5,8H,6-7,14H2,1-3H3. The minimum absolute atomic E-state index is 0.0427. The Bertz CT molecular complexity index is 384. The van der Waals surface area contributed by atoms with Gasteiger partial charge in [0.25, 0.3) is 0 Å². The maximum absolute atomic E-state index is 11.7. The van der Waals surface area contributed by atoms with Crippen LogP contribution in [0.5, 0.6) is 0 Å². The van der Waals surface area contributed by atoms with E-state index in [2.05, 4.69) is 15.9 Å². The van der Waals surface area contributed by atoms with Gasteiger partial charge in [-0.3, -0.25) is 4.79 Å². The number of hydrogen-bond donors (Lipinski definition) is 1. The van der Waals surface area contributed by atoms with Gasteiger partial charge in [0.2, 0.25) is 0 Å². The minimum atomic E-state index is -0.438. The summed E-state index contributed by atoms with van der Waals surface area (Å²) in [7, 11) is 0. The lowest BCUT2D eigenvalue weighted by atomic mass is 10.0. The minimum Gasteiger partial charge on any atom is -0.460 e. The van der Waals surface area contributed by atoms with E-state index in [-0.39, 0.29) is 11.9 Å². The molecule has 1 aromatic rings. The van der Waals surface area contributed by atoms with Crippen LogP contribution in [0.2, 0.25) is 0 Å². The van der Waals surface area contributed by atoms with E-state index < -0.39 is 5.60 Å². The fourth-order valence-corrected chi connectivity index (χ4v) is 2.97. The number of carbonyl (C=O) groups is 1. The highest BCUT2D eigenvalue weighted by Gasteiger charge is 2.21. The van der Waals surface area contributed by atoms with Crippen molar-refractivity contribution < 1.29 is 9.53 Å². The molecular weight excluding hydrogens is 302 g/mol. The van der Waals surface area contributed by atoms with Crippen LogP contribution in [-0.2, 0) is 9.53 Å². The van der Waals surface area contributed by atoms with Crippen molar-refractivity contribution >= 4 is 33.2 Å². The van der Waals surface area contributed by atoms with E-state index in [0.29, 0.717) is 13.0 Å². The molecule has 5 heteroatoms. The first-order valence-corrected chi connectivity index (χ1v) is 7.10. The van der Waals surface area contributed by atoms with Gasteiger partial charge in [-0.25, -0.2) is 0 Å². The van der Waals surface area contributed by atoms with Crippen LogP contribution in [-0.4, -0.2) is 18.1 Å². The quantitative estimate of drug-likeness (QED) is 0.866. The molecule has 0 saturated carbocycles. The highest BCUT2D eigenvalue weighted by molar-refractivity contribution is 9.11. The molecule has 3 nitrogen and oxygen atoms in total. The zero-order valence-electron chi connectivity index (χ0n) is 10.3. The summed E-state index contributed by atoms with van der Waals surface area (Å²) in [6, 6.07) is 3.97. The van der Waals surface area contributed by atoms with Crippen molar-refractivity contribution in [3.8, 4) is 0 Å². The van der Waals surface area contributed by atoms with Gasteiger partial charge in [0, 0.05) is 17.3 Å². The number of carbonyl (C=O) groups excluding carboxylic acids is 1. The summed E-state index contributed by atoms with van der Waals surface area (Å²) in [6.07, 6.45) is 0.334. The summed E-state index contributed by atoms with van der Waals surface area (Å²) in [5.74, 6) is -0.154. The number of esters is 1. The number of nitrogens with two attached hydrogens (primary N) is 1. The predicted octanol–water partition coefficient (Wildman–Crippen LogP) is 3.28. The van der Waals surface area contributed by atoms with Gasteiger partial charge in [0.1, 0.15) is 5.60 Å². The molecule has 1 atom stereocenters. The van der Waals surface area contributed by atoms with Crippen LogP contribution in [0.4, 0.5) is 0 Å². The first-order valence-electron chi connectivity index (χ1n) is 5.49. The van der Waals surface area contributed by atoms with E-state index in [1.54, 1.807) is 11.3 Å². The van der Waals surface area contributed by atoms with E-state index in [1.807, 2.05) is 32.9 Å². The molecule has 0 aliphatic carbocycles. The Kier molecular flexibility index (Phi) is 5.16. The van der Waals surface area contributed by atoms with Crippen LogP contribution in [0, 0.1) is 0 Å². The zero-order chi connectivity index (χ0) is 13.1. The van der Waals surface area contributed by atoms with Gasteiger partial charge in [-0.15, -0.1) is 11.3 Å². The summed E-state index contributed by atoms with van der Waals surface area (Å²) in [5, 5.41) is 0. The third-order valence-electron chi connectivity index (χ3n) is 2.11. The monoisotopic (exact) mass is 319 g/mol. The molecule has 1 unspecified atom stereocenters. The Balaban J connectivity index is 2.62. The summed E-state index contributed by atoms with van der Waals surface area (Å²) < 4.78 is 6.35. The number of thiophene rings is 1. The fraction of sp³-hybridized carbons (Fsp3) is 0.583. The average molecular weight is 320 g/mol. The third-order valence-corrected chi connectivity index (χ3v) is 3.90. The van der Waals surface area contributed by atoms with Gasteiger partial charge in [-0.2, -0.15) is 0 Å². The van der Waals surface area contributed by atoms with Crippen LogP contribution in [0.25, 0.3) is 0 Å². The molecule has 17 heavy (non-hydrogen) atoms. The molecule has 0 aromatic carbocycles. The molecule has 0 spiro atoms. The predicted molar refractivity (Wildman–Crippen MR) is 74.3 cm³/mol. The summed E-state index contributed by atoms with van der Waals surface area (Å²) in [6.45, 7) is 6.05. The third kappa shape index (κ3) is 5.19. The molecule has 2 N–H and O–H groups in total.